The molecule has 3 amide bonds. The van der Waals surface area contributed by atoms with Gasteiger partial charge in [-0.3, -0.25) is 29.3 Å². The van der Waals surface area contributed by atoms with E-state index in [1.54, 1.807) is 4.90 Å². The number of Topliss-reactive ketones (excluding diaryl/α,β-unsaturated/α-hetero) is 1. The van der Waals surface area contributed by atoms with Gasteiger partial charge < -0.3 is 25.4 Å². The van der Waals surface area contributed by atoms with Crippen LogP contribution in [0.3, 0.4) is 0 Å². The number of carbonyl (C=O) groups excluding carboxylic acids is 5. The Hall–Kier alpha value is -2.53. The molecule has 11 heteroatoms. The first-order valence-electron chi connectivity index (χ1n) is 15.8. The Bertz CT molecular complexity index is 1080. The Morgan fingerprint density at radius 1 is 1.02 bits per heavy atom. The van der Waals surface area contributed by atoms with Gasteiger partial charge in [0.25, 0.3) is 5.91 Å². The highest BCUT2D eigenvalue weighted by atomic mass is 16.6. The maximum Gasteiger partial charge on any atom is 0.309 e. The topological polar surface area (TPSA) is 157 Å². The minimum absolute atomic E-state index is 0.0743. The maximum absolute atomic E-state index is 14.4. The highest BCUT2D eigenvalue weighted by Crippen LogP contribution is 2.65. The van der Waals surface area contributed by atoms with Crippen LogP contribution in [0.15, 0.2) is 0 Å². The molecule has 3 rings (SSSR count). The zero-order valence-corrected chi connectivity index (χ0v) is 27.6. The quantitative estimate of drug-likeness (QED) is 0.174. The van der Waals surface area contributed by atoms with Crippen LogP contribution in [0.4, 0.5) is 0 Å². The van der Waals surface area contributed by atoms with Crippen molar-refractivity contribution in [2.45, 2.75) is 130 Å². The molecule has 11 nitrogen and oxygen atoms in total. The fraction of sp³-hybridized carbons (Fsp3) is 0.844. The van der Waals surface area contributed by atoms with Gasteiger partial charge in [0.05, 0.1) is 30.3 Å². The first-order valence-corrected chi connectivity index (χ1v) is 15.8. The number of esters is 1. The summed E-state index contributed by atoms with van der Waals surface area (Å²) < 4.78 is 11.6. The number of ether oxygens (including phenoxy) is 2. The van der Waals surface area contributed by atoms with Crippen molar-refractivity contribution in [2.75, 3.05) is 13.3 Å². The molecule has 0 aromatic rings. The largest absolute Gasteiger partial charge is 0.460 e. The first-order chi connectivity index (χ1) is 19.8. The minimum Gasteiger partial charge on any atom is -0.460 e. The Morgan fingerprint density at radius 3 is 2.23 bits per heavy atom. The second kappa shape index (κ2) is 13.2. The van der Waals surface area contributed by atoms with E-state index in [9.17, 15) is 24.0 Å². The van der Waals surface area contributed by atoms with Crippen LogP contribution in [0.25, 0.3) is 0 Å². The number of hydrogen-bond acceptors (Lipinski definition) is 8. The molecule has 6 unspecified atom stereocenters. The van der Waals surface area contributed by atoms with Crippen LogP contribution in [-0.4, -0.2) is 77.0 Å². The minimum atomic E-state index is -1.09. The summed E-state index contributed by atoms with van der Waals surface area (Å²) in [6.07, 6.45) is 3.54. The summed E-state index contributed by atoms with van der Waals surface area (Å²) in [5.41, 5.74) is 4.08. The summed E-state index contributed by atoms with van der Waals surface area (Å²) in [7, 11) is 0. The molecule has 0 aromatic heterocycles. The molecule has 0 spiro atoms. The number of amides is 3. The monoisotopic (exact) mass is 606 g/mol. The summed E-state index contributed by atoms with van der Waals surface area (Å²) in [5, 5.41) is 6.08. The van der Waals surface area contributed by atoms with Crippen molar-refractivity contribution in [3.63, 3.8) is 0 Å². The fourth-order valence-corrected chi connectivity index (χ4v) is 6.91. The lowest BCUT2D eigenvalue weighted by Crippen LogP contribution is -2.59. The van der Waals surface area contributed by atoms with Crippen LogP contribution >= 0.6 is 0 Å². The molecular formula is C32H54N4O7. The van der Waals surface area contributed by atoms with Gasteiger partial charge in [0.1, 0.15) is 11.6 Å². The normalized spacial score (nSPS) is 27.9. The van der Waals surface area contributed by atoms with Gasteiger partial charge in [0.2, 0.25) is 17.6 Å². The van der Waals surface area contributed by atoms with Crippen molar-refractivity contribution in [3.05, 3.63) is 0 Å². The van der Waals surface area contributed by atoms with E-state index >= 15 is 0 Å². The van der Waals surface area contributed by atoms with Crippen molar-refractivity contribution < 1.29 is 33.4 Å². The van der Waals surface area contributed by atoms with Gasteiger partial charge >= 0.3 is 5.97 Å². The molecule has 0 radical (unpaired) electrons. The number of hydrogen-bond donors (Lipinski definition) is 3. The molecule has 43 heavy (non-hydrogen) atoms. The third-order valence-electron chi connectivity index (χ3n) is 9.21. The molecule has 7 atom stereocenters. The zero-order valence-electron chi connectivity index (χ0n) is 27.6. The molecule has 1 heterocycles. The van der Waals surface area contributed by atoms with Gasteiger partial charge in [-0.2, -0.15) is 0 Å². The van der Waals surface area contributed by atoms with Crippen molar-refractivity contribution >= 4 is 29.5 Å². The van der Waals surface area contributed by atoms with E-state index in [1.165, 1.54) is 0 Å². The SMILES string of the molecule is CCCC(NC(=O)C1C2C(CN1C(=O)[C@H](NCOC(C)(C)C)C1CCCC(C(=O)OC(C)(C)C)C1)C2(C)C)C(=O)C(N)=O. The van der Waals surface area contributed by atoms with Crippen LogP contribution in [0.1, 0.15) is 101 Å². The van der Waals surface area contributed by atoms with Crippen LogP contribution in [0, 0.1) is 29.1 Å². The first kappa shape index (κ1) is 35.0. The molecule has 2 saturated carbocycles. The maximum atomic E-state index is 14.4. The molecule has 4 N–H and O–H groups in total. The van der Waals surface area contributed by atoms with E-state index in [0.717, 1.165) is 12.8 Å². The summed E-state index contributed by atoms with van der Waals surface area (Å²) in [6.45, 7) is 17.9. The summed E-state index contributed by atoms with van der Waals surface area (Å²) in [5.74, 6) is -3.28. The molecule has 0 aromatic carbocycles. The molecule has 3 aliphatic rings. The summed E-state index contributed by atoms with van der Waals surface area (Å²) in [6, 6.07) is -2.50. The number of nitrogens with two attached hydrogens (primary N) is 1. The Balaban J connectivity index is 1.87. The second-order valence-electron chi connectivity index (χ2n) is 15.2. The van der Waals surface area contributed by atoms with Gasteiger partial charge in [-0.15, -0.1) is 0 Å². The van der Waals surface area contributed by atoms with Crippen LogP contribution < -0.4 is 16.4 Å². The van der Waals surface area contributed by atoms with Crippen LogP contribution in [0.5, 0.6) is 0 Å². The molecule has 1 aliphatic heterocycles. The number of nitrogens with one attached hydrogen (secondary N) is 2. The molecule has 244 valence electrons. The molecule has 3 fully saturated rings. The standard InChI is InChI=1S/C32H54N4O7/c1-10-12-21(25(37)26(33)38)35-27(39)24-22-20(32(22,8)9)16-36(24)28(40)23(34-17-42-30(2,3)4)18-13-11-14-19(15-18)29(41)43-31(5,6)7/h18-24,34H,10-17H2,1-9H3,(H2,33,38)(H,35,39)/t18?,19?,20?,21?,22?,23-,24?/m1/s1. The summed E-state index contributed by atoms with van der Waals surface area (Å²) in [4.78, 5) is 67.0. The van der Waals surface area contributed by atoms with E-state index in [0.29, 0.717) is 25.8 Å². The van der Waals surface area contributed by atoms with E-state index < -0.39 is 46.9 Å². The predicted octanol–water partition coefficient (Wildman–Crippen LogP) is 2.69. The van der Waals surface area contributed by atoms with E-state index in [-0.39, 0.29) is 54.1 Å². The third-order valence-corrected chi connectivity index (χ3v) is 9.21. The van der Waals surface area contributed by atoms with Crippen molar-refractivity contribution in [1.29, 1.82) is 0 Å². The van der Waals surface area contributed by atoms with Gasteiger partial charge in [-0.25, -0.2) is 0 Å². The number of likely N-dealkylation sites (tertiary alicyclic amines) is 1. The summed E-state index contributed by atoms with van der Waals surface area (Å²) >= 11 is 0. The highest BCUT2D eigenvalue weighted by Gasteiger charge is 2.69. The molecule has 1 saturated heterocycles. The smallest absolute Gasteiger partial charge is 0.309 e. The van der Waals surface area contributed by atoms with E-state index in [4.69, 9.17) is 15.2 Å². The number of primary amides is 1. The number of nitrogens with zero attached hydrogens (tertiary/aromatic N) is 1. The third kappa shape index (κ3) is 8.56. The number of fused-ring (bicyclic) bond motifs is 1. The van der Waals surface area contributed by atoms with E-state index in [1.807, 2.05) is 48.5 Å². The van der Waals surface area contributed by atoms with Gasteiger partial charge in [-0.1, -0.05) is 33.6 Å². The fourth-order valence-electron chi connectivity index (χ4n) is 6.91. The van der Waals surface area contributed by atoms with E-state index in [2.05, 4.69) is 24.5 Å². The Labute approximate surface area is 256 Å². The average molecular weight is 607 g/mol. The van der Waals surface area contributed by atoms with Crippen LogP contribution in [0.2, 0.25) is 0 Å². The lowest BCUT2D eigenvalue weighted by atomic mass is 9.77. The van der Waals surface area contributed by atoms with Gasteiger partial charge in [0, 0.05) is 6.54 Å². The number of piperidine rings is 1. The predicted molar refractivity (Wildman–Crippen MR) is 161 cm³/mol. The Kier molecular flexibility index (Phi) is 10.7. The molecule has 2 aliphatic carbocycles. The van der Waals surface area contributed by atoms with Gasteiger partial charge in [0.15, 0.2) is 0 Å². The number of carbonyl (C=O) groups is 5. The van der Waals surface area contributed by atoms with Gasteiger partial charge in [-0.05, 0) is 90.4 Å². The Morgan fingerprint density at radius 2 is 1.67 bits per heavy atom. The highest BCUT2D eigenvalue weighted by molar-refractivity contribution is 6.37. The zero-order chi connectivity index (χ0) is 32.5. The average Bonchev–Trinajstić information content (AvgIpc) is 3.21. The van der Waals surface area contributed by atoms with Crippen molar-refractivity contribution in [2.24, 2.45) is 34.8 Å². The number of ketones is 1. The lowest BCUT2D eigenvalue weighted by Gasteiger charge is -2.39. The molecule has 0 bridgehead atoms. The molecular weight excluding hydrogens is 552 g/mol. The van der Waals surface area contributed by atoms with Crippen LogP contribution in [-0.2, 0) is 33.4 Å². The van der Waals surface area contributed by atoms with Crippen molar-refractivity contribution in [1.82, 2.24) is 15.5 Å². The lowest BCUT2D eigenvalue weighted by molar-refractivity contribution is -0.162. The number of rotatable bonds is 12. The van der Waals surface area contributed by atoms with Crippen molar-refractivity contribution in [3.8, 4) is 0 Å². The second-order valence-corrected chi connectivity index (χ2v) is 15.2.